The van der Waals surface area contributed by atoms with Crippen LogP contribution in [0.15, 0.2) is 54.6 Å². The van der Waals surface area contributed by atoms with Gasteiger partial charge >= 0.3 is 10.1 Å². The fraction of sp³-hybridized carbons (Fsp3) is 0.435. The predicted octanol–water partition coefficient (Wildman–Crippen LogP) is 4.74. The van der Waals surface area contributed by atoms with E-state index in [9.17, 15) is 13.2 Å². The Kier molecular flexibility index (Phi) is 8.26. The lowest BCUT2D eigenvalue weighted by Crippen LogP contribution is -2.40. The van der Waals surface area contributed by atoms with Gasteiger partial charge in [0.2, 0.25) is 5.91 Å². The monoisotopic (exact) mass is 417 g/mol. The third-order valence-corrected chi connectivity index (χ3v) is 6.30. The van der Waals surface area contributed by atoms with E-state index in [-0.39, 0.29) is 29.4 Å². The van der Waals surface area contributed by atoms with Gasteiger partial charge in [-0.05, 0) is 49.9 Å². The molecule has 2 aromatic carbocycles. The van der Waals surface area contributed by atoms with Crippen LogP contribution < -0.4 is 4.18 Å². The third kappa shape index (κ3) is 6.32. The van der Waals surface area contributed by atoms with Crippen LogP contribution in [0.3, 0.4) is 0 Å². The van der Waals surface area contributed by atoms with Gasteiger partial charge < -0.3 is 9.08 Å². The van der Waals surface area contributed by atoms with E-state index in [4.69, 9.17) is 4.18 Å². The molecule has 0 aliphatic heterocycles. The second-order valence-corrected chi connectivity index (χ2v) is 9.03. The van der Waals surface area contributed by atoms with Crippen LogP contribution in [0.1, 0.15) is 57.6 Å². The van der Waals surface area contributed by atoms with Crippen LogP contribution in [-0.2, 0) is 21.5 Å². The first-order chi connectivity index (χ1) is 13.8. The number of amides is 1. The second-order valence-electron chi connectivity index (χ2n) is 7.17. The Morgan fingerprint density at radius 3 is 2.28 bits per heavy atom. The van der Waals surface area contributed by atoms with Crippen LogP contribution >= 0.6 is 0 Å². The lowest BCUT2D eigenvalue weighted by Gasteiger charge is -2.32. The molecule has 0 spiro atoms. The van der Waals surface area contributed by atoms with Crippen LogP contribution in [0.2, 0.25) is 0 Å². The van der Waals surface area contributed by atoms with Gasteiger partial charge in [0.25, 0.3) is 0 Å². The highest BCUT2D eigenvalue weighted by molar-refractivity contribution is 7.87. The zero-order chi connectivity index (χ0) is 21.4. The molecule has 158 valence electrons. The minimum absolute atomic E-state index is 0.0595. The topological polar surface area (TPSA) is 63.7 Å². The maximum absolute atomic E-state index is 13.4. The van der Waals surface area contributed by atoms with Crippen LogP contribution in [0.4, 0.5) is 0 Å². The summed E-state index contributed by atoms with van der Waals surface area (Å²) in [5.41, 5.74) is 1.85. The molecule has 0 fully saturated rings. The molecule has 0 aliphatic rings. The Labute approximate surface area is 174 Å². The molecule has 2 rings (SSSR count). The van der Waals surface area contributed by atoms with Crippen molar-refractivity contribution in [3.63, 3.8) is 0 Å². The van der Waals surface area contributed by atoms with Crippen molar-refractivity contribution in [1.29, 1.82) is 0 Å². The number of hydrogen-bond donors (Lipinski definition) is 0. The molecule has 5 nitrogen and oxygen atoms in total. The Hall–Kier alpha value is -2.34. The zero-order valence-corrected chi connectivity index (χ0v) is 18.5. The largest absolute Gasteiger partial charge is 0.382 e. The SMILES string of the molecule is CC[C@H](C(=O)N(Cc1cccc(OS(=O)(=O)CC)c1)[C@@H](C)CC)c1ccccc1. The van der Waals surface area contributed by atoms with Gasteiger partial charge in [0.05, 0.1) is 11.7 Å². The van der Waals surface area contributed by atoms with Gasteiger partial charge in [-0.3, -0.25) is 4.79 Å². The summed E-state index contributed by atoms with van der Waals surface area (Å²) in [7, 11) is -3.59. The molecular formula is C23H31NO4S. The third-order valence-electron chi connectivity index (χ3n) is 5.14. The first-order valence-electron chi connectivity index (χ1n) is 10.2. The first kappa shape index (κ1) is 22.9. The Bertz CT molecular complexity index is 896. The molecule has 29 heavy (non-hydrogen) atoms. The highest BCUT2D eigenvalue weighted by atomic mass is 32.2. The highest BCUT2D eigenvalue weighted by Gasteiger charge is 2.27. The van der Waals surface area contributed by atoms with E-state index in [1.807, 2.05) is 55.1 Å². The molecule has 0 aliphatic carbocycles. The quantitative estimate of drug-likeness (QED) is 0.524. The molecule has 2 atom stereocenters. The predicted molar refractivity (Wildman–Crippen MR) is 116 cm³/mol. The van der Waals surface area contributed by atoms with Gasteiger partial charge in [-0.1, -0.05) is 56.3 Å². The van der Waals surface area contributed by atoms with E-state index in [2.05, 4.69) is 6.92 Å². The van der Waals surface area contributed by atoms with Crippen molar-refractivity contribution in [1.82, 2.24) is 4.90 Å². The van der Waals surface area contributed by atoms with E-state index in [1.165, 1.54) is 6.92 Å². The van der Waals surface area contributed by atoms with Gasteiger partial charge in [-0.25, -0.2) is 0 Å². The summed E-state index contributed by atoms with van der Waals surface area (Å²) >= 11 is 0. The van der Waals surface area contributed by atoms with Gasteiger partial charge in [0.15, 0.2) is 0 Å². The van der Waals surface area contributed by atoms with Crippen LogP contribution in [-0.4, -0.2) is 31.0 Å². The second kappa shape index (κ2) is 10.4. The fourth-order valence-electron chi connectivity index (χ4n) is 3.21. The summed E-state index contributed by atoms with van der Waals surface area (Å²) in [5, 5.41) is 0. The average molecular weight is 418 g/mol. The molecule has 2 aromatic rings. The molecule has 0 saturated carbocycles. The molecule has 0 radical (unpaired) electrons. The van der Waals surface area contributed by atoms with E-state index in [0.717, 1.165) is 17.5 Å². The number of rotatable bonds is 10. The molecule has 0 N–H and O–H groups in total. The van der Waals surface area contributed by atoms with Gasteiger partial charge in [0, 0.05) is 12.6 Å². The number of nitrogens with zero attached hydrogens (tertiary/aromatic N) is 1. The number of carbonyl (C=O) groups excluding carboxylic acids is 1. The fourth-order valence-corrected chi connectivity index (χ4v) is 3.72. The Morgan fingerprint density at radius 2 is 1.69 bits per heavy atom. The highest BCUT2D eigenvalue weighted by Crippen LogP contribution is 2.26. The molecule has 0 heterocycles. The van der Waals surface area contributed by atoms with Gasteiger partial charge in [-0.15, -0.1) is 0 Å². The Balaban J connectivity index is 2.28. The van der Waals surface area contributed by atoms with Crippen molar-refractivity contribution in [3.8, 4) is 5.75 Å². The number of carbonyl (C=O) groups is 1. The van der Waals surface area contributed by atoms with Gasteiger partial charge in [0.1, 0.15) is 5.75 Å². The molecule has 0 aromatic heterocycles. The average Bonchev–Trinajstić information content (AvgIpc) is 2.72. The summed E-state index contributed by atoms with van der Waals surface area (Å²) in [4.78, 5) is 15.3. The standard InChI is InChI=1S/C23H31NO4S/c1-5-18(4)24(23(25)22(6-2)20-13-9-8-10-14-20)17-19-12-11-15-21(16-19)28-29(26,27)7-3/h8-16,18,22H,5-7,17H2,1-4H3/t18-,22-/m0/s1. The number of hydrogen-bond acceptors (Lipinski definition) is 4. The maximum Gasteiger partial charge on any atom is 0.308 e. The van der Waals surface area contributed by atoms with Crippen LogP contribution in [0.5, 0.6) is 5.75 Å². The van der Waals surface area contributed by atoms with Crippen molar-refractivity contribution in [3.05, 3.63) is 65.7 Å². The minimum atomic E-state index is -3.59. The van der Waals surface area contributed by atoms with Crippen molar-refractivity contribution >= 4 is 16.0 Å². The molecular weight excluding hydrogens is 386 g/mol. The molecule has 0 bridgehead atoms. The Morgan fingerprint density at radius 1 is 1.00 bits per heavy atom. The van der Waals surface area contributed by atoms with Crippen LogP contribution in [0.25, 0.3) is 0 Å². The normalized spacial score (nSPS) is 13.5. The van der Waals surface area contributed by atoms with Crippen molar-refractivity contribution < 1.29 is 17.4 Å². The summed E-state index contributed by atoms with van der Waals surface area (Å²) in [5.74, 6) is 0.0610. The smallest absolute Gasteiger partial charge is 0.308 e. The van der Waals surface area contributed by atoms with Crippen molar-refractivity contribution in [2.24, 2.45) is 0 Å². The molecule has 0 unspecified atom stereocenters. The van der Waals surface area contributed by atoms with Crippen molar-refractivity contribution in [2.75, 3.05) is 5.75 Å². The lowest BCUT2D eigenvalue weighted by molar-refractivity contribution is -0.135. The summed E-state index contributed by atoms with van der Waals surface area (Å²) in [6, 6.07) is 16.8. The summed E-state index contributed by atoms with van der Waals surface area (Å²) in [6.45, 7) is 8.06. The zero-order valence-electron chi connectivity index (χ0n) is 17.7. The minimum Gasteiger partial charge on any atom is -0.382 e. The molecule has 6 heteroatoms. The first-order valence-corrected chi connectivity index (χ1v) is 11.8. The summed E-state index contributed by atoms with van der Waals surface area (Å²) < 4.78 is 28.7. The summed E-state index contributed by atoms with van der Waals surface area (Å²) in [6.07, 6.45) is 1.55. The van der Waals surface area contributed by atoms with Crippen molar-refractivity contribution in [2.45, 2.75) is 59.0 Å². The lowest BCUT2D eigenvalue weighted by atomic mass is 9.94. The van der Waals surface area contributed by atoms with E-state index in [1.54, 1.807) is 18.2 Å². The maximum atomic E-state index is 13.4. The van der Waals surface area contributed by atoms with E-state index >= 15 is 0 Å². The van der Waals surface area contributed by atoms with E-state index in [0.29, 0.717) is 13.0 Å². The molecule has 0 saturated heterocycles. The number of benzene rings is 2. The molecule has 1 amide bonds. The van der Waals surface area contributed by atoms with Gasteiger partial charge in [-0.2, -0.15) is 8.42 Å². The van der Waals surface area contributed by atoms with Crippen LogP contribution in [0, 0.1) is 0 Å². The van der Waals surface area contributed by atoms with E-state index < -0.39 is 10.1 Å².